The van der Waals surface area contributed by atoms with Crippen LogP contribution in [0.2, 0.25) is 5.02 Å². The lowest BCUT2D eigenvalue weighted by atomic mass is 10.1. The third kappa shape index (κ3) is 4.19. The standard InChI is InChI=1S/C16H12ClNO3/c17-13-8-6-12(7-9-13)15(19)18-14(16(20)21)10-11-4-2-1-3-5-11/h1-10H,(H,18,19)(H,20,21)/b14-10+. The van der Waals surface area contributed by atoms with E-state index in [4.69, 9.17) is 11.6 Å². The van der Waals surface area contributed by atoms with Gasteiger partial charge in [0.1, 0.15) is 5.70 Å². The summed E-state index contributed by atoms with van der Waals surface area (Å²) in [5.74, 6) is -1.71. The van der Waals surface area contributed by atoms with E-state index in [9.17, 15) is 14.7 Å². The topological polar surface area (TPSA) is 66.4 Å². The van der Waals surface area contributed by atoms with Crippen molar-refractivity contribution in [2.75, 3.05) is 0 Å². The Morgan fingerprint density at radius 2 is 1.62 bits per heavy atom. The largest absolute Gasteiger partial charge is 0.477 e. The predicted octanol–water partition coefficient (Wildman–Crippen LogP) is 3.20. The van der Waals surface area contributed by atoms with Gasteiger partial charge in [0, 0.05) is 10.6 Å². The van der Waals surface area contributed by atoms with Crippen LogP contribution >= 0.6 is 11.6 Å². The maximum atomic E-state index is 12.0. The smallest absolute Gasteiger partial charge is 0.352 e. The summed E-state index contributed by atoms with van der Waals surface area (Å²) in [4.78, 5) is 23.2. The highest BCUT2D eigenvalue weighted by Gasteiger charge is 2.13. The molecular formula is C16H12ClNO3. The highest BCUT2D eigenvalue weighted by molar-refractivity contribution is 6.30. The molecule has 106 valence electrons. The van der Waals surface area contributed by atoms with Gasteiger partial charge in [-0.3, -0.25) is 4.79 Å². The van der Waals surface area contributed by atoms with E-state index in [-0.39, 0.29) is 5.70 Å². The third-order valence-corrected chi connectivity index (χ3v) is 2.95. The molecule has 2 rings (SSSR count). The van der Waals surface area contributed by atoms with Crippen molar-refractivity contribution in [3.8, 4) is 0 Å². The van der Waals surface area contributed by atoms with Crippen molar-refractivity contribution in [3.63, 3.8) is 0 Å². The van der Waals surface area contributed by atoms with E-state index in [1.807, 2.05) is 6.07 Å². The van der Waals surface area contributed by atoms with E-state index in [1.54, 1.807) is 36.4 Å². The Kier molecular flexibility index (Phi) is 4.74. The van der Waals surface area contributed by atoms with Crippen molar-refractivity contribution in [2.24, 2.45) is 0 Å². The first-order chi connectivity index (χ1) is 10.1. The molecule has 0 aliphatic rings. The average molecular weight is 302 g/mol. The SMILES string of the molecule is O=C(O)/C(=C\c1ccccc1)NC(=O)c1ccc(Cl)cc1. The van der Waals surface area contributed by atoms with Crippen LogP contribution < -0.4 is 5.32 Å². The molecule has 0 aliphatic carbocycles. The minimum absolute atomic E-state index is 0.193. The number of carbonyl (C=O) groups excluding carboxylic acids is 1. The lowest BCUT2D eigenvalue weighted by molar-refractivity contribution is -0.132. The van der Waals surface area contributed by atoms with Gasteiger partial charge in [-0.15, -0.1) is 0 Å². The van der Waals surface area contributed by atoms with Gasteiger partial charge in [0.15, 0.2) is 0 Å². The maximum Gasteiger partial charge on any atom is 0.352 e. The minimum Gasteiger partial charge on any atom is -0.477 e. The Balaban J connectivity index is 2.21. The molecule has 0 atom stereocenters. The normalized spacial score (nSPS) is 11.0. The van der Waals surface area contributed by atoms with Crippen LogP contribution in [0.3, 0.4) is 0 Å². The fraction of sp³-hybridized carbons (Fsp3) is 0. The molecule has 5 heteroatoms. The number of rotatable bonds is 4. The summed E-state index contributed by atoms with van der Waals surface area (Å²) < 4.78 is 0. The fourth-order valence-corrected chi connectivity index (χ4v) is 1.79. The number of aliphatic carboxylic acids is 1. The quantitative estimate of drug-likeness (QED) is 0.852. The molecule has 1 amide bonds. The molecule has 4 nitrogen and oxygen atoms in total. The van der Waals surface area contributed by atoms with Crippen molar-refractivity contribution >= 4 is 29.6 Å². The molecule has 2 aromatic rings. The molecule has 21 heavy (non-hydrogen) atoms. The fourth-order valence-electron chi connectivity index (χ4n) is 1.66. The molecule has 0 spiro atoms. The zero-order valence-electron chi connectivity index (χ0n) is 10.9. The number of nitrogens with one attached hydrogen (secondary N) is 1. The van der Waals surface area contributed by atoms with Crippen molar-refractivity contribution in [3.05, 3.63) is 76.4 Å². The highest BCUT2D eigenvalue weighted by atomic mass is 35.5. The second-order valence-corrected chi connectivity index (χ2v) is 4.67. The Morgan fingerprint density at radius 3 is 2.19 bits per heavy atom. The molecule has 0 bridgehead atoms. The lowest BCUT2D eigenvalue weighted by Crippen LogP contribution is -2.27. The van der Waals surface area contributed by atoms with Gasteiger partial charge in [-0.05, 0) is 35.9 Å². The molecule has 0 aromatic heterocycles. The van der Waals surface area contributed by atoms with Crippen LogP contribution in [0, 0.1) is 0 Å². The number of amides is 1. The molecule has 0 radical (unpaired) electrons. The van der Waals surface area contributed by atoms with Gasteiger partial charge in [0.2, 0.25) is 0 Å². The first kappa shape index (κ1) is 14.8. The van der Waals surface area contributed by atoms with Gasteiger partial charge in [0.25, 0.3) is 5.91 Å². The Morgan fingerprint density at radius 1 is 1.00 bits per heavy atom. The molecule has 0 heterocycles. The molecule has 0 aliphatic heterocycles. The highest BCUT2D eigenvalue weighted by Crippen LogP contribution is 2.11. The molecule has 2 N–H and O–H groups in total. The van der Waals surface area contributed by atoms with Gasteiger partial charge >= 0.3 is 5.97 Å². The van der Waals surface area contributed by atoms with Crippen LogP contribution in [-0.2, 0) is 4.79 Å². The summed E-state index contributed by atoms with van der Waals surface area (Å²) >= 11 is 5.74. The molecular weight excluding hydrogens is 290 g/mol. The molecule has 0 saturated heterocycles. The zero-order valence-corrected chi connectivity index (χ0v) is 11.7. The first-order valence-corrected chi connectivity index (χ1v) is 6.51. The predicted molar refractivity (Wildman–Crippen MR) is 81.0 cm³/mol. The summed E-state index contributed by atoms with van der Waals surface area (Å²) in [6.07, 6.45) is 1.40. The second kappa shape index (κ2) is 6.72. The monoisotopic (exact) mass is 301 g/mol. The number of hydrogen-bond acceptors (Lipinski definition) is 2. The summed E-state index contributed by atoms with van der Waals surface area (Å²) in [5, 5.41) is 12.1. The van der Waals surface area contributed by atoms with E-state index >= 15 is 0 Å². The van der Waals surface area contributed by atoms with Gasteiger partial charge in [0.05, 0.1) is 0 Å². The summed E-state index contributed by atoms with van der Waals surface area (Å²) in [6.45, 7) is 0. The van der Waals surface area contributed by atoms with Crippen LogP contribution in [-0.4, -0.2) is 17.0 Å². The summed E-state index contributed by atoms with van der Waals surface area (Å²) in [7, 11) is 0. The number of carbonyl (C=O) groups is 2. The van der Waals surface area contributed by atoms with Crippen molar-refractivity contribution in [1.29, 1.82) is 0 Å². The van der Waals surface area contributed by atoms with E-state index in [0.717, 1.165) is 0 Å². The van der Waals surface area contributed by atoms with Crippen molar-refractivity contribution < 1.29 is 14.7 Å². The molecule has 0 unspecified atom stereocenters. The number of carboxylic acid groups (broad SMARTS) is 1. The average Bonchev–Trinajstić information content (AvgIpc) is 2.48. The van der Waals surface area contributed by atoms with Gasteiger partial charge in [-0.1, -0.05) is 41.9 Å². The zero-order chi connectivity index (χ0) is 15.2. The van der Waals surface area contributed by atoms with Crippen LogP contribution in [0.1, 0.15) is 15.9 Å². The first-order valence-electron chi connectivity index (χ1n) is 6.13. The third-order valence-electron chi connectivity index (χ3n) is 2.70. The second-order valence-electron chi connectivity index (χ2n) is 4.23. The Hall–Kier alpha value is -2.59. The van der Waals surface area contributed by atoms with Gasteiger partial charge < -0.3 is 10.4 Å². The molecule has 2 aromatic carbocycles. The molecule has 0 fully saturated rings. The van der Waals surface area contributed by atoms with Crippen LogP contribution in [0.5, 0.6) is 0 Å². The maximum absolute atomic E-state index is 12.0. The summed E-state index contributed by atoms with van der Waals surface area (Å²) in [6, 6.07) is 15.1. The van der Waals surface area contributed by atoms with E-state index in [2.05, 4.69) is 5.32 Å². The number of benzene rings is 2. The van der Waals surface area contributed by atoms with Crippen molar-refractivity contribution in [2.45, 2.75) is 0 Å². The van der Waals surface area contributed by atoms with Gasteiger partial charge in [-0.25, -0.2) is 4.79 Å². The Labute approximate surface area is 126 Å². The van der Waals surface area contributed by atoms with Gasteiger partial charge in [-0.2, -0.15) is 0 Å². The van der Waals surface area contributed by atoms with E-state index < -0.39 is 11.9 Å². The van der Waals surface area contributed by atoms with E-state index in [1.165, 1.54) is 18.2 Å². The number of hydrogen-bond donors (Lipinski definition) is 2. The number of halogens is 1. The number of carboxylic acids is 1. The molecule has 0 saturated carbocycles. The summed E-state index contributed by atoms with van der Waals surface area (Å²) in [5.41, 5.74) is 0.826. The van der Waals surface area contributed by atoms with Crippen LogP contribution in [0.15, 0.2) is 60.3 Å². The lowest BCUT2D eigenvalue weighted by Gasteiger charge is -2.06. The van der Waals surface area contributed by atoms with Crippen LogP contribution in [0.4, 0.5) is 0 Å². The van der Waals surface area contributed by atoms with E-state index in [0.29, 0.717) is 16.1 Å². The van der Waals surface area contributed by atoms with Crippen molar-refractivity contribution in [1.82, 2.24) is 5.32 Å². The van der Waals surface area contributed by atoms with Crippen LogP contribution in [0.25, 0.3) is 6.08 Å². The minimum atomic E-state index is -1.21. The Bertz CT molecular complexity index is 678.